The Morgan fingerprint density at radius 3 is 2.68 bits per heavy atom. The van der Waals surface area contributed by atoms with E-state index in [-0.39, 0.29) is 17.8 Å². The van der Waals surface area contributed by atoms with E-state index >= 15 is 0 Å². The van der Waals surface area contributed by atoms with Crippen molar-refractivity contribution >= 4 is 12.1 Å². The second-order valence-electron chi connectivity index (χ2n) is 10.0. The number of alkyl carbamates (subject to hydrolysis) is 1. The molecule has 198 valence electrons. The predicted molar refractivity (Wildman–Crippen MR) is 141 cm³/mol. The highest BCUT2D eigenvalue weighted by Crippen LogP contribution is 2.20. The van der Waals surface area contributed by atoms with E-state index in [2.05, 4.69) is 27.0 Å². The van der Waals surface area contributed by atoms with E-state index in [1.165, 1.54) is 7.11 Å². The molecule has 8 nitrogen and oxygen atoms in total. The minimum Gasteiger partial charge on any atom is -0.486 e. The summed E-state index contributed by atoms with van der Waals surface area (Å²) >= 11 is 0. The van der Waals surface area contributed by atoms with Gasteiger partial charge >= 0.3 is 12.1 Å². The van der Waals surface area contributed by atoms with Gasteiger partial charge in [-0.25, -0.2) is 14.6 Å². The average Bonchev–Trinajstić information content (AvgIpc) is 2.86. The van der Waals surface area contributed by atoms with Crippen LogP contribution in [0.1, 0.15) is 68.2 Å². The lowest BCUT2D eigenvalue weighted by atomic mass is 10.1. The van der Waals surface area contributed by atoms with Gasteiger partial charge in [-0.05, 0) is 76.7 Å². The summed E-state index contributed by atoms with van der Waals surface area (Å²) in [5.74, 6) is 5.99. The summed E-state index contributed by atoms with van der Waals surface area (Å²) in [6, 6.07) is 13.3. The third-order valence-corrected chi connectivity index (χ3v) is 5.69. The van der Waals surface area contributed by atoms with Crippen LogP contribution in [0.2, 0.25) is 0 Å². The molecule has 0 radical (unpaired) electrons. The van der Waals surface area contributed by atoms with Crippen LogP contribution < -0.4 is 10.1 Å². The summed E-state index contributed by atoms with van der Waals surface area (Å²) in [5, 5.41) is 2.98. The first kappa shape index (κ1) is 28.0. The number of hydrogen-bond donors (Lipinski definition) is 1. The first-order chi connectivity index (χ1) is 17.7. The van der Waals surface area contributed by atoms with E-state index in [4.69, 9.17) is 14.2 Å². The van der Waals surface area contributed by atoms with Gasteiger partial charge in [0.15, 0.2) is 11.4 Å². The number of amides is 1. The molecule has 1 fully saturated rings. The molecule has 0 saturated carbocycles. The van der Waals surface area contributed by atoms with Crippen LogP contribution in [0.5, 0.6) is 5.75 Å². The molecule has 1 unspecified atom stereocenters. The molecule has 1 aliphatic heterocycles. The van der Waals surface area contributed by atoms with Gasteiger partial charge in [-0.1, -0.05) is 36.3 Å². The van der Waals surface area contributed by atoms with Gasteiger partial charge in [-0.15, -0.1) is 0 Å². The Morgan fingerprint density at radius 1 is 1.16 bits per heavy atom. The Hall–Kier alpha value is -3.57. The highest BCUT2D eigenvalue weighted by molar-refractivity contribution is 5.90. The highest BCUT2D eigenvalue weighted by Gasteiger charge is 2.24. The fourth-order valence-electron chi connectivity index (χ4n) is 4.01. The number of unbranched alkanes of at least 4 members (excludes halogenated alkanes) is 1. The number of hydrogen-bond acceptors (Lipinski definition) is 7. The monoisotopic (exact) mass is 507 g/mol. The molecule has 0 aliphatic carbocycles. The Balaban J connectivity index is 1.49. The summed E-state index contributed by atoms with van der Waals surface area (Å²) in [6.07, 6.45) is 3.22. The molecular weight excluding hydrogens is 470 g/mol. The van der Waals surface area contributed by atoms with Crippen molar-refractivity contribution in [3.63, 3.8) is 0 Å². The number of nitrogens with one attached hydrogen (secondary N) is 1. The van der Waals surface area contributed by atoms with Crippen LogP contribution in [0, 0.1) is 11.8 Å². The van der Waals surface area contributed by atoms with Crippen LogP contribution in [0.25, 0.3) is 0 Å². The van der Waals surface area contributed by atoms with Crippen LogP contribution in [0.4, 0.5) is 4.79 Å². The van der Waals surface area contributed by atoms with Crippen LogP contribution >= 0.6 is 0 Å². The lowest BCUT2D eigenvalue weighted by Gasteiger charge is -2.33. The number of benzene rings is 1. The van der Waals surface area contributed by atoms with E-state index in [9.17, 15) is 9.59 Å². The molecular formula is C29H37N3O5. The molecule has 8 heteroatoms. The second kappa shape index (κ2) is 13.7. The average molecular weight is 508 g/mol. The first-order valence-corrected chi connectivity index (χ1v) is 12.7. The Labute approximate surface area is 219 Å². The Bertz CT molecular complexity index is 1100. The topological polar surface area (TPSA) is 90.0 Å². The molecule has 2 aromatic rings. The Morgan fingerprint density at radius 2 is 1.95 bits per heavy atom. The smallest absolute Gasteiger partial charge is 0.407 e. The molecule has 2 heterocycles. The number of nitrogens with zero attached hydrogens (tertiary/aromatic N) is 2. The van der Waals surface area contributed by atoms with Crippen LogP contribution in [0.15, 0.2) is 42.5 Å². The van der Waals surface area contributed by atoms with Crippen molar-refractivity contribution in [3.05, 3.63) is 59.4 Å². The molecule has 1 aromatic carbocycles. The summed E-state index contributed by atoms with van der Waals surface area (Å²) < 4.78 is 16.1. The number of esters is 1. The van der Waals surface area contributed by atoms with Gasteiger partial charge < -0.3 is 24.4 Å². The number of carbonyl (C=O) groups excluding carboxylic acids is 2. The minimum absolute atomic E-state index is 0.0956. The van der Waals surface area contributed by atoms with Crippen LogP contribution in [0.3, 0.4) is 0 Å². The van der Waals surface area contributed by atoms with Gasteiger partial charge in [0.1, 0.15) is 17.9 Å². The zero-order valence-electron chi connectivity index (χ0n) is 22.2. The molecule has 37 heavy (non-hydrogen) atoms. The first-order valence-electron chi connectivity index (χ1n) is 12.7. The molecule has 1 N–H and O–H groups in total. The standard InChI is InChI=1S/C29H37N3O5/c1-29(2,3)37-28(34)31-24-15-11-19-32(20-24)18-10-6-9-14-23-16-17-25(26(30-23)27(33)35-4)36-21-22-12-7-5-8-13-22/h5,7-8,12-13,16-17,24H,6,10-11,15,18-21H2,1-4H3,(H,31,34). The zero-order valence-corrected chi connectivity index (χ0v) is 22.2. The Kier molecular flexibility index (Phi) is 10.3. The molecule has 1 atom stereocenters. The number of piperidine rings is 1. The molecule has 1 aromatic heterocycles. The normalized spacial score (nSPS) is 15.7. The number of methoxy groups -OCH3 is 1. The van der Waals surface area contributed by atoms with Crippen molar-refractivity contribution < 1.29 is 23.8 Å². The number of aromatic nitrogens is 1. The fraction of sp³-hybridized carbons (Fsp3) is 0.483. The van der Waals surface area contributed by atoms with Gasteiger partial charge in [0.05, 0.1) is 7.11 Å². The van der Waals surface area contributed by atoms with Gasteiger partial charge in [0, 0.05) is 19.0 Å². The largest absolute Gasteiger partial charge is 0.486 e. The third-order valence-electron chi connectivity index (χ3n) is 5.69. The molecule has 0 bridgehead atoms. The summed E-state index contributed by atoms with van der Waals surface area (Å²) in [5.41, 5.74) is 1.09. The van der Waals surface area contributed by atoms with Crippen molar-refractivity contribution in [2.75, 3.05) is 26.7 Å². The molecule has 1 amide bonds. The van der Waals surface area contributed by atoms with Crippen molar-refractivity contribution in [1.82, 2.24) is 15.2 Å². The van der Waals surface area contributed by atoms with E-state index in [0.717, 1.165) is 44.5 Å². The van der Waals surface area contributed by atoms with E-state index < -0.39 is 11.6 Å². The number of carbonyl (C=O) groups is 2. The summed E-state index contributed by atoms with van der Waals surface area (Å²) in [4.78, 5) is 31.0. The quantitative estimate of drug-likeness (QED) is 0.318. The molecule has 1 saturated heterocycles. The van der Waals surface area contributed by atoms with Crippen molar-refractivity contribution in [1.29, 1.82) is 0 Å². The van der Waals surface area contributed by atoms with Gasteiger partial charge in [-0.3, -0.25) is 0 Å². The lowest BCUT2D eigenvalue weighted by molar-refractivity contribution is 0.0471. The van der Waals surface area contributed by atoms with Gasteiger partial charge in [0.25, 0.3) is 0 Å². The third kappa shape index (κ3) is 9.77. The van der Waals surface area contributed by atoms with Gasteiger partial charge in [-0.2, -0.15) is 0 Å². The van der Waals surface area contributed by atoms with E-state index in [1.807, 2.05) is 51.1 Å². The second-order valence-corrected chi connectivity index (χ2v) is 10.0. The summed E-state index contributed by atoms with van der Waals surface area (Å²) in [6.45, 7) is 8.62. The summed E-state index contributed by atoms with van der Waals surface area (Å²) in [7, 11) is 1.32. The molecule has 0 spiro atoms. The number of likely N-dealkylation sites (tertiary alicyclic amines) is 1. The lowest BCUT2D eigenvalue weighted by Crippen LogP contribution is -2.49. The maximum atomic E-state index is 12.3. The molecule has 1 aliphatic rings. The van der Waals surface area contributed by atoms with Crippen molar-refractivity contribution in [2.45, 2.75) is 64.7 Å². The number of pyridine rings is 1. The van der Waals surface area contributed by atoms with E-state index in [1.54, 1.807) is 12.1 Å². The molecule has 3 rings (SSSR count). The number of ether oxygens (including phenoxy) is 3. The van der Waals surface area contributed by atoms with Crippen molar-refractivity contribution in [3.8, 4) is 17.6 Å². The zero-order chi connectivity index (χ0) is 26.7. The fourth-order valence-corrected chi connectivity index (χ4v) is 4.01. The predicted octanol–water partition coefficient (Wildman–Crippen LogP) is 4.57. The minimum atomic E-state index is -0.564. The van der Waals surface area contributed by atoms with Crippen LogP contribution in [-0.2, 0) is 16.1 Å². The SMILES string of the molecule is COC(=O)c1nc(C#CCCCN2CCCC(NC(=O)OC(C)(C)C)C2)ccc1OCc1ccccc1. The van der Waals surface area contributed by atoms with Crippen LogP contribution in [-0.4, -0.2) is 60.3 Å². The maximum absolute atomic E-state index is 12.3. The maximum Gasteiger partial charge on any atom is 0.407 e. The van der Waals surface area contributed by atoms with E-state index in [0.29, 0.717) is 24.5 Å². The number of rotatable bonds is 8. The van der Waals surface area contributed by atoms with Gasteiger partial charge in [0.2, 0.25) is 0 Å². The highest BCUT2D eigenvalue weighted by atomic mass is 16.6. The van der Waals surface area contributed by atoms with Crippen molar-refractivity contribution in [2.24, 2.45) is 0 Å².